The van der Waals surface area contributed by atoms with Crippen molar-refractivity contribution in [3.63, 3.8) is 0 Å². The number of nitrogens with two attached hydrogens (primary N) is 1. The molecule has 1 aromatic heterocycles. The van der Waals surface area contributed by atoms with Gasteiger partial charge in [-0.05, 0) is 25.8 Å². The molecule has 4 nitrogen and oxygen atoms in total. The Hall–Kier alpha value is -0.870. The van der Waals surface area contributed by atoms with Crippen molar-refractivity contribution in [2.45, 2.75) is 45.8 Å². The Labute approximate surface area is 97.4 Å². The van der Waals surface area contributed by atoms with Crippen LogP contribution in [0, 0.1) is 0 Å². The summed E-state index contributed by atoms with van der Waals surface area (Å²) < 4.78 is 2.11. The SMILES string of the molecule is CCc1cc(CN2CC[C@H](N)C2)n(CC)n1. The topological polar surface area (TPSA) is 47.1 Å². The molecular formula is C12H22N4. The van der Waals surface area contributed by atoms with E-state index in [0.29, 0.717) is 6.04 Å². The summed E-state index contributed by atoms with van der Waals surface area (Å²) in [6.07, 6.45) is 2.14. The van der Waals surface area contributed by atoms with Crippen molar-refractivity contribution in [1.29, 1.82) is 0 Å². The summed E-state index contributed by atoms with van der Waals surface area (Å²) in [4.78, 5) is 2.42. The van der Waals surface area contributed by atoms with E-state index in [1.54, 1.807) is 0 Å². The molecular weight excluding hydrogens is 200 g/mol. The average molecular weight is 222 g/mol. The largest absolute Gasteiger partial charge is 0.326 e. The Morgan fingerprint density at radius 3 is 2.88 bits per heavy atom. The lowest BCUT2D eigenvalue weighted by Crippen LogP contribution is -2.27. The van der Waals surface area contributed by atoms with E-state index in [2.05, 4.69) is 34.6 Å². The molecule has 0 radical (unpaired) electrons. The molecule has 2 N–H and O–H groups in total. The number of aryl methyl sites for hydroxylation is 2. The number of aromatic nitrogens is 2. The third kappa shape index (κ3) is 2.44. The van der Waals surface area contributed by atoms with Gasteiger partial charge in [0.2, 0.25) is 0 Å². The van der Waals surface area contributed by atoms with E-state index in [1.807, 2.05) is 0 Å². The third-order valence-electron chi connectivity index (χ3n) is 3.27. The second-order valence-electron chi connectivity index (χ2n) is 4.58. The Morgan fingerprint density at radius 2 is 2.31 bits per heavy atom. The Balaban J connectivity index is 2.05. The molecule has 0 unspecified atom stereocenters. The number of nitrogens with zero attached hydrogens (tertiary/aromatic N) is 3. The molecule has 16 heavy (non-hydrogen) atoms. The second-order valence-corrected chi connectivity index (χ2v) is 4.58. The monoisotopic (exact) mass is 222 g/mol. The van der Waals surface area contributed by atoms with Gasteiger partial charge in [0.25, 0.3) is 0 Å². The maximum Gasteiger partial charge on any atom is 0.0625 e. The Bertz CT molecular complexity index is 345. The fourth-order valence-electron chi connectivity index (χ4n) is 2.32. The van der Waals surface area contributed by atoms with E-state index in [-0.39, 0.29) is 0 Å². The minimum atomic E-state index is 0.364. The zero-order valence-electron chi connectivity index (χ0n) is 10.3. The molecule has 4 heteroatoms. The van der Waals surface area contributed by atoms with Crippen molar-refractivity contribution in [3.8, 4) is 0 Å². The van der Waals surface area contributed by atoms with Crippen LogP contribution in [0.3, 0.4) is 0 Å². The lowest BCUT2D eigenvalue weighted by atomic mass is 10.3. The van der Waals surface area contributed by atoms with Crippen LogP contribution in [-0.4, -0.2) is 33.8 Å². The highest BCUT2D eigenvalue weighted by molar-refractivity contribution is 5.10. The summed E-state index contributed by atoms with van der Waals surface area (Å²) in [6.45, 7) is 8.39. The minimum absolute atomic E-state index is 0.364. The molecule has 1 aliphatic rings. The predicted molar refractivity (Wildman–Crippen MR) is 65.1 cm³/mol. The summed E-state index contributed by atoms with van der Waals surface area (Å²) in [6, 6.07) is 2.59. The quantitative estimate of drug-likeness (QED) is 0.826. The first-order valence-electron chi connectivity index (χ1n) is 6.26. The molecule has 1 aliphatic heterocycles. The van der Waals surface area contributed by atoms with Gasteiger partial charge < -0.3 is 5.73 Å². The number of hydrogen-bond donors (Lipinski definition) is 1. The predicted octanol–water partition coefficient (Wildman–Crippen LogP) is 0.998. The summed E-state index contributed by atoms with van der Waals surface area (Å²) in [5, 5.41) is 4.57. The van der Waals surface area contributed by atoms with Crippen molar-refractivity contribution in [2.24, 2.45) is 5.73 Å². The van der Waals surface area contributed by atoms with Crippen LogP contribution in [0.2, 0.25) is 0 Å². The van der Waals surface area contributed by atoms with Crippen LogP contribution in [0.1, 0.15) is 31.7 Å². The van der Waals surface area contributed by atoms with Crippen LogP contribution < -0.4 is 5.73 Å². The van der Waals surface area contributed by atoms with Crippen LogP contribution in [0.4, 0.5) is 0 Å². The van der Waals surface area contributed by atoms with E-state index < -0.39 is 0 Å². The highest BCUT2D eigenvalue weighted by Crippen LogP contribution is 2.13. The van der Waals surface area contributed by atoms with Gasteiger partial charge in [0.05, 0.1) is 11.4 Å². The van der Waals surface area contributed by atoms with Gasteiger partial charge in [0.15, 0.2) is 0 Å². The molecule has 0 aliphatic carbocycles. The van der Waals surface area contributed by atoms with Crippen molar-refractivity contribution < 1.29 is 0 Å². The first-order chi connectivity index (χ1) is 7.72. The minimum Gasteiger partial charge on any atom is -0.326 e. The van der Waals surface area contributed by atoms with E-state index in [1.165, 1.54) is 11.4 Å². The number of rotatable bonds is 4. The molecule has 0 bridgehead atoms. The summed E-state index contributed by atoms with van der Waals surface area (Å²) >= 11 is 0. The molecule has 2 heterocycles. The van der Waals surface area contributed by atoms with Crippen molar-refractivity contribution in [3.05, 3.63) is 17.5 Å². The number of hydrogen-bond acceptors (Lipinski definition) is 3. The zero-order chi connectivity index (χ0) is 11.5. The van der Waals surface area contributed by atoms with E-state index in [4.69, 9.17) is 5.73 Å². The maximum absolute atomic E-state index is 5.92. The first-order valence-corrected chi connectivity index (χ1v) is 6.26. The van der Waals surface area contributed by atoms with Crippen LogP contribution >= 0.6 is 0 Å². The molecule has 0 spiro atoms. The standard InChI is InChI=1S/C12H22N4/c1-3-11-7-12(16(4-2)14-11)9-15-6-5-10(13)8-15/h7,10H,3-6,8-9,13H2,1-2H3/t10-/m0/s1. The summed E-state index contributed by atoms with van der Waals surface area (Å²) in [5.41, 5.74) is 8.44. The van der Waals surface area contributed by atoms with Crippen LogP contribution in [0.5, 0.6) is 0 Å². The lowest BCUT2D eigenvalue weighted by Gasteiger charge is -2.15. The van der Waals surface area contributed by atoms with Crippen LogP contribution in [-0.2, 0) is 19.5 Å². The molecule has 0 saturated carbocycles. The van der Waals surface area contributed by atoms with Gasteiger partial charge in [-0.25, -0.2) is 0 Å². The fourth-order valence-corrected chi connectivity index (χ4v) is 2.32. The van der Waals surface area contributed by atoms with Gasteiger partial charge in [-0.3, -0.25) is 9.58 Å². The second kappa shape index (κ2) is 4.97. The van der Waals surface area contributed by atoms with Crippen molar-refractivity contribution in [2.75, 3.05) is 13.1 Å². The lowest BCUT2D eigenvalue weighted by molar-refractivity contribution is 0.315. The Morgan fingerprint density at radius 1 is 1.50 bits per heavy atom. The maximum atomic E-state index is 5.92. The molecule has 1 saturated heterocycles. The van der Waals surface area contributed by atoms with E-state index in [0.717, 1.165) is 39.0 Å². The Kier molecular flexibility index (Phi) is 3.61. The smallest absolute Gasteiger partial charge is 0.0625 e. The van der Waals surface area contributed by atoms with Crippen LogP contribution in [0.15, 0.2) is 6.07 Å². The summed E-state index contributed by atoms with van der Waals surface area (Å²) in [7, 11) is 0. The van der Waals surface area contributed by atoms with Crippen LogP contribution in [0.25, 0.3) is 0 Å². The first kappa shape index (κ1) is 11.6. The zero-order valence-corrected chi connectivity index (χ0v) is 10.3. The molecule has 1 fully saturated rings. The van der Waals surface area contributed by atoms with Gasteiger partial charge in [0.1, 0.15) is 0 Å². The molecule has 0 aromatic carbocycles. The summed E-state index contributed by atoms with van der Waals surface area (Å²) in [5.74, 6) is 0. The van der Waals surface area contributed by atoms with Crippen molar-refractivity contribution >= 4 is 0 Å². The molecule has 2 rings (SSSR count). The fraction of sp³-hybridized carbons (Fsp3) is 0.750. The highest BCUT2D eigenvalue weighted by atomic mass is 15.3. The number of likely N-dealkylation sites (tertiary alicyclic amines) is 1. The van der Waals surface area contributed by atoms with Crippen molar-refractivity contribution in [1.82, 2.24) is 14.7 Å². The van der Waals surface area contributed by atoms with Gasteiger partial charge >= 0.3 is 0 Å². The van der Waals surface area contributed by atoms with E-state index >= 15 is 0 Å². The molecule has 1 aromatic rings. The third-order valence-corrected chi connectivity index (χ3v) is 3.27. The average Bonchev–Trinajstić information content (AvgIpc) is 2.85. The molecule has 0 amide bonds. The van der Waals surface area contributed by atoms with Gasteiger partial charge in [-0.2, -0.15) is 5.10 Å². The molecule has 90 valence electrons. The van der Waals surface area contributed by atoms with E-state index in [9.17, 15) is 0 Å². The van der Waals surface area contributed by atoms with Gasteiger partial charge in [-0.15, -0.1) is 0 Å². The van der Waals surface area contributed by atoms with Gasteiger partial charge in [0, 0.05) is 32.2 Å². The normalized spacial score (nSPS) is 21.8. The van der Waals surface area contributed by atoms with Gasteiger partial charge in [-0.1, -0.05) is 6.92 Å². The molecule has 1 atom stereocenters. The highest BCUT2D eigenvalue weighted by Gasteiger charge is 2.20.